The van der Waals surface area contributed by atoms with Gasteiger partial charge in [-0.2, -0.15) is 0 Å². The topological polar surface area (TPSA) is 26.0 Å². The fourth-order valence-corrected chi connectivity index (χ4v) is 2.31. The van der Waals surface area contributed by atoms with E-state index in [0.29, 0.717) is 12.0 Å². The molecule has 0 aromatic heterocycles. The normalized spacial score (nSPS) is 14.2. The summed E-state index contributed by atoms with van der Waals surface area (Å²) in [5.74, 6) is -0.250. The quantitative estimate of drug-likeness (QED) is 0.911. The Bertz CT molecular complexity index is 534. The maximum Gasteiger partial charge on any atom is 0.128 e. The van der Waals surface area contributed by atoms with Crippen LogP contribution in [0.15, 0.2) is 53.0 Å². The van der Waals surface area contributed by atoms with E-state index in [1.54, 1.807) is 12.1 Å². The Balaban J connectivity index is 2.27. The van der Waals surface area contributed by atoms with E-state index in [0.717, 1.165) is 10.0 Å². The molecule has 18 heavy (non-hydrogen) atoms. The second-order valence-electron chi connectivity index (χ2n) is 4.70. The predicted octanol–water partition coefficient (Wildman–Crippen LogP) is 4.00. The molecule has 1 atom stereocenters. The van der Waals surface area contributed by atoms with Gasteiger partial charge in [0.1, 0.15) is 5.82 Å². The predicted molar refractivity (Wildman–Crippen MR) is 75.8 cm³/mol. The highest BCUT2D eigenvalue weighted by atomic mass is 79.9. The molecule has 0 amide bonds. The van der Waals surface area contributed by atoms with Crippen LogP contribution in [-0.4, -0.2) is 0 Å². The molecule has 2 rings (SSSR count). The average molecular weight is 308 g/mol. The molecule has 0 saturated heterocycles. The van der Waals surface area contributed by atoms with Crippen molar-refractivity contribution in [3.8, 4) is 0 Å². The summed E-state index contributed by atoms with van der Waals surface area (Å²) >= 11 is 3.39. The SMILES string of the molecule is CC(N)(Cc1ccc(Br)cc1)c1ccccc1F. The van der Waals surface area contributed by atoms with Crippen LogP contribution in [0.3, 0.4) is 0 Å². The van der Waals surface area contributed by atoms with Crippen molar-refractivity contribution in [1.82, 2.24) is 0 Å². The molecular formula is C15H15BrFN. The summed E-state index contributed by atoms with van der Waals surface area (Å²) in [7, 11) is 0. The van der Waals surface area contributed by atoms with Gasteiger partial charge in [0.25, 0.3) is 0 Å². The third-order valence-corrected chi connectivity index (χ3v) is 3.50. The third-order valence-electron chi connectivity index (χ3n) is 2.97. The van der Waals surface area contributed by atoms with Crippen LogP contribution >= 0.6 is 15.9 Å². The molecule has 0 aliphatic carbocycles. The van der Waals surface area contributed by atoms with Crippen molar-refractivity contribution in [3.05, 3.63) is 69.9 Å². The molecule has 0 heterocycles. The number of nitrogens with two attached hydrogens (primary N) is 1. The summed E-state index contributed by atoms with van der Waals surface area (Å²) in [4.78, 5) is 0. The molecular weight excluding hydrogens is 293 g/mol. The van der Waals surface area contributed by atoms with E-state index < -0.39 is 5.54 Å². The van der Waals surface area contributed by atoms with E-state index >= 15 is 0 Å². The molecule has 2 aromatic carbocycles. The molecule has 2 N–H and O–H groups in total. The molecule has 0 spiro atoms. The fourth-order valence-electron chi connectivity index (χ4n) is 2.05. The smallest absolute Gasteiger partial charge is 0.128 e. The summed E-state index contributed by atoms with van der Waals surface area (Å²) in [6.45, 7) is 1.85. The lowest BCUT2D eigenvalue weighted by molar-refractivity contribution is 0.457. The minimum Gasteiger partial charge on any atom is -0.321 e. The second kappa shape index (κ2) is 5.21. The molecule has 1 nitrogen and oxygen atoms in total. The first kappa shape index (κ1) is 13.2. The molecule has 0 saturated carbocycles. The van der Waals surface area contributed by atoms with Crippen LogP contribution in [0.25, 0.3) is 0 Å². The van der Waals surface area contributed by atoms with Crippen LogP contribution in [0, 0.1) is 5.82 Å². The van der Waals surface area contributed by atoms with Crippen LogP contribution in [0.1, 0.15) is 18.1 Å². The molecule has 0 bridgehead atoms. The van der Waals surface area contributed by atoms with Crippen molar-refractivity contribution in [3.63, 3.8) is 0 Å². The van der Waals surface area contributed by atoms with E-state index in [4.69, 9.17) is 5.73 Å². The van der Waals surface area contributed by atoms with Crippen molar-refractivity contribution in [1.29, 1.82) is 0 Å². The maximum atomic E-state index is 13.8. The molecule has 3 heteroatoms. The van der Waals surface area contributed by atoms with Crippen LogP contribution in [0.2, 0.25) is 0 Å². The first-order chi connectivity index (χ1) is 8.49. The van der Waals surface area contributed by atoms with Gasteiger partial charge >= 0.3 is 0 Å². The fraction of sp³-hybridized carbons (Fsp3) is 0.200. The molecule has 0 radical (unpaired) electrons. The van der Waals surface area contributed by atoms with Crippen LogP contribution in [0.4, 0.5) is 4.39 Å². The van der Waals surface area contributed by atoms with E-state index in [2.05, 4.69) is 15.9 Å². The Morgan fingerprint density at radius 3 is 2.33 bits per heavy atom. The highest BCUT2D eigenvalue weighted by molar-refractivity contribution is 9.10. The Kier molecular flexibility index (Phi) is 3.83. The van der Waals surface area contributed by atoms with Crippen molar-refractivity contribution < 1.29 is 4.39 Å². The van der Waals surface area contributed by atoms with E-state index in [-0.39, 0.29) is 5.82 Å². The molecule has 94 valence electrons. The zero-order valence-electron chi connectivity index (χ0n) is 10.2. The standard InChI is InChI=1S/C15H15BrFN/c1-15(18,13-4-2-3-5-14(13)17)10-11-6-8-12(16)9-7-11/h2-9H,10,18H2,1H3. The van der Waals surface area contributed by atoms with Gasteiger partial charge < -0.3 is 5.73 Å². The Morgan fingerprint density at radius 2 is 1.72 bits per heavy atom. The van der Waals surface area contributed by atoms with Crippen molar-refractivity contribution in [2.45, 2.75) is 18.9 Å². The summed E-state index contributed by atoms with van der Waals surface area (Å²) in [6, 6.07) is 14.6. The lowest BCUT2D eigenvalue weighted by Crippen LogP contribution is -2.36. The minimum absolute atomic E-state index is 0.250. The van der Waals surface area contributed by atoms with Gasteiger partial charge in [0.15, 0.2) is 0 Å². The van der Waals surface area contributed by atoms with Crippen molar-refractivity contribution in [2.24, 2.45) is 5.73 Å². The first-order valence-corrected chi connectivity index (χ1v) is 6.57. The summed E-state index contributed by atoms with van der Waals surface area (Å²) < 4.78 is 14.8. The molecule has 0 aliphatic rings. The van der Waals surface area contributed by atoms with Crippen LogP contribution in [0.5, 0.6) is 0 Å². The van der Waals surface area contributed by atoms with E-state index in [1.165, 1.54) is 6.07 Å². The number of benzene rings is 2. The lowest BCUT2D eigenvalue weighted by Gasteiger charge is -2.26. The van der Waals surface area contributed by atoms with Gasteiger partial charge in [0.2, 0.25) is 0 Å². The van der Waals surface area contributed by atoms with Crippen LogP contribution < -0.4 is 5.73 Å². The number of hydrogen-bond acceptors (Lipinski definition) is 1. The zero-order valence-corrected chi connectivity index (χ0v) is 11.7. The monoisotopic (exact) mass is 307 g/mol. The molecule has 0 fully saturated rings. The van der Waals surface area contributed by atoms with Gasteiger partial charge in [-0.15, -0.1) is 0 Å². The first-order valence-electron chi connectivity index (χ1n) is 5.77. The molecule has 1 unspecified atom stereocenters. The van der Waals surface area contributed by atoms with Gasteiger partial charge in [-0.3, -0.25) is 0 Å². The minimum atomic E-state index is -0.709. The molecule has 2 aromatic rings. The van der Waals surface area contributed by atoms with Crippen LogP contribution in [-0.2, 0) is 12.0 Å². The largest absolute Gasteiger partial charge is 0.321 e. The summed E-state index contributed by atoms with van der Waals surface area (Å²) in [5.41, 5.74) is 7.19. The maximum absolute atomic E-state index is 13.8. The highest BCUT2D eigenvalue weighted by Gasteiger charge is 2.24. The molecule has 0 aliphatic heterocycles. The Hall–Kier alpha value is -1.19. The van der Waals surface area contributed by atoms with Gasteiger partial charge in [-0.1, -0.05) is 46.3 Å². The van der Waals surface area contributed by atoms with Crippen molar-refractivity contribution in [2.75, 3.05) is 0 Å². The number of hydrogen-bond donors (Lipinski definition) is 1. The highest BCUT2D eigenvalue weighted by Crippen LogP contribution is 2.25. The average Bonchev–Trinajstić information content (AvgIpc) is 2.32. The Morgan fingerprint density at radius 1 is 1.11 bits per heavy atom. The van der Waals surface area contributed by atoms with E-state index in [1.807, 2.05) is 37.3 Å². The van der Waals surface area contributed by atoms with E-state index in [9.17, 15) is 4.39 Å². The van der Waals surface area contributed by atoms with Gasteiger partial charge in [0.05, 0.1) is 0 Å². The van der Waals surface area contributed by atoms with Crippen molar-refractivity contribution >= 4 is 15.9 Å². The van der Waals surface area contributed by atoms with Gasteiger partial charge in [0, 0.05) is 15.6 Å². The summed E-state index contributed by atoms with van der Waals surface area (Å²) in [6.07, 6.45) is 0.598. The zero-order chi connectivity index (χ0) is 13.2. The van der Waals surface area contributed by atoms with Gasteiger partial charge in [-0.25, -0.2) is 4.39 Å². The second-order valence-corrected chi connectivity index (χ2v) is 5.62. The number of halogens is 2. The third kappa shape index (κ3) is 2.98. The lowest BCUT2D eigenvalue weighted by atomic mass is 9.86. The Labute approximate surface area is 115 Å². The van der Waals surface area contributed by atoms with Gasteiger partial charge in [-0.05, 0) is 37.1 Å². The number of rotatable bonds is 3. The summed E-state index contributed by atoms with van der Waals surface area (Å²) in [5, 5.41) is 0.